The Bertz CT molecular complexity index is 64.5. The minimum Gasteiger partial charge on any atom is -0.316 e. The van der Waals surface area contributed by atoms with Crippen molar-refractivity contribution in [3.63, 3.8) is 0 Å². The van der Waals surface area contributed by atoms with Gasteiger partial charge in [-0.3, -0.25) is 0 Å². The molecule has 0 amide bonds. The molecule has 1 nitrogen and oxygen atoms in total. The number of halogens is 2. The fraction of sp³-hybridized carbons (Fsp3) is 1.00. The normalized spacial score (nSPS) is 12.8. The largest absolute Gasteiger partial charge is 0.316 e. The molecule has 0 aliphatic rings. The molecular formula is C8H19Cl2N. The van der Waals surface area contributed by atoms with Gasteiger partial charge in [-0.1, -0.05) is 13.8 Å². The zero-order chi connectivity index (χ0) is 7.98. The van der Waals surface area contributed by atoms with Crippen molar-refractivity contribution in [1.82, 2.24) is 5.32 Å². The fourth-order valence-corrected chi connectivity index (χ4v) is 0.801. The Morgan fingerprint density at radius 3 is 2.18 bits per heavy atom. The molecule has 0 aromatic heterocycles. The number of hydrogen-bond donors (Lipinski definition) is 1. The van der Waals surface area contributed by atoms with Gasteiger partial charge in [0, 0.05) is 5.38 Å². The monoisotopic (exact) mass is 199 g/mol. The van der Waals surface area contributed by atoms with Gasteiger partial charge in [-0.25, -0.2) is 0 Å². The van der Waals surface area contributed by atoms with Gasteiger partial charge in [-0.2, -0.15) is 0 Å². The Kier molecular flexibility index (Phi) is 11.1. The quantitative estimate of drug-likeness (QED) is 0.531. The van der Waals surface area contributed by atoms with E-state index in [0.29, 0.717) is 5.38 Å². The van der Waals surface area contributed by atoms with Crippen LogP contribution in [0.4, 0.5) is 0 Å². The van der Waals surface area contributed by atoms with Gasteiger partial charge in [0.25, 0.3) is 0 Å². The zero-order valence-corrected chi connectivity index (χ0v) is 9.13. The maximum Gasteiger partial charge on any atom is 0.0319 e. The van der Waals surface area contributed by atoms with Crippen LogP contribution in [0, 0.1) is 5.92 Å². The summed E-state index contributed by atoms with van der Waals surface area (Å²) in [7, 11) is 0. The van der Waals surface area contributed by atoms with E-state index in [2.05, 4.69) is 19.2 Å². The van der Waals surface area contributed by atoms with Crippen LogP contribution in [0.3, 0.4) is 0 Å². The summed E-state index contributed by atoms with van der Waals surface area (Å²) >= 11 is 5.75. The Balaban J connectivity index is 0. The maximum absolute atomic E-state index is 5.75. The average molecular weight is 200 g/mol. The lowest BCUT2D eigenvalue weighted by molar-refractivity contribution is 0.542. The highest BCUT2D eigenvalue weighted by Crippen LogP contribution is 1.97. The van der Waals surface area contributed by atoms with Crippen LogP contribution in [0.15, 0.2) is 0 Å². The highest BCUT2D eigenvalue weighted by Gasteiger charge is 1.95. The molecule has 0 spiro atoms. The van der Waals surface area contributed by atoms with Crippen molar-refractivity contribution in [2.75, 3.05) is 13.1 Å². The molecule has 1 N–H and O–H groups in total. The second-order valence-corrected chi connectivity index (χ2v) is 3.91. The summed E-state index contributed by atoms with van der Waals surface area (Å²) in [5, 5.41) is 3.64. The molecule has 1 unspecified atom stereocenters. The van der Waals surface area contributed by atoms with Crippen LogP contribution in [0.25, 0.3) is 0 Å². The highest BCUT2D eigenvalue weighted by molar-refractivity contribution is 6.20. The smallest absolute Gasteiger partial charge is 0.0319 e. The predicted molar refractivity (Wildman–Crippen MR) is 54.9 cm³/mol. The predicted octanol–water partition coefficient (Wildman–Crippen LogP) is 2.67. The first-order valence-corrected chi connectivity index (χ1v) is 4.41. The average Bonchev–Trinajstić information content (AvgIpc) is 1.79. The van der Waals surface area contributed by atoms with Crippen LogP contribution in [0.5, 0.6) is 0 Å². The summed E-state index contributed by atoms with van der Waals surface area (Å²) in [4.78, 5) is 0. The van der Waals surface area contributed by atoms with Gasteiger partial charge in [0.05, 0.1) is 0 Å². The molecule has 0 aromatic rings. The molecule has 1 atom stereocenters. The first-order chi connectivity index (χ1) is 4.63. The summed E-state index contributed by atoms with van der Waals surface area (Å²) in [5.74, 6) is 0.741. The Labute approximate surface area is 81.3 Å². The topological polar surface area (TPSA) is 12.0 Å². The molecule has 0 saturated carbocycles. The number of rotatable bonds is 5. The van der Waals surface area contributed by atoms with Gasteiger partial charge in [0.15, 0.2) is 0 Å². The molecule has 0 saturated heterocycles. The van der Waals surface area contributed by atoms with E-state index in [1.54, 1.807) is 0 Å². The molecule has 0 aliphatic heterocycles. The third kappa shape index (κ3) is 13.5. The molecule has 0 aliphatic carbocycles. The number of alkyl halides is 1. The van der Waals surface area contributed by atoms with Gasteiger partial charge in [-0.15, -0.1) is 24.0 Å². The Morgan fingerprint density at radius 2 is 1.82 bits per heavy atom. The van der Waals surface area contributed by atoms with Gasteiger partial charge < -0.3 is 5.32 Å². The van der Waals surface area contributed by atoms with E-state index in [1.807, 2.05) is 6.92 Å². The van der Waals surface area contributed by atoms with Crippen LogP contribution in [-0.2, 0) is 0 Å². The summed E-state index contributed by atoms with van der Waals surface area (Å²) in [6.45, 7) is 8.58. The lowest BCUT2D eigenvalue weighted by Crippen LogP contribution is -2.22. The van der Waals surface area contributed by atoms with Crippen LogP contribution < -0.4 is 5.32 Å². The summed E-state index contributed by atoms with van der Waals surface area (Å²) in [5.41, 5.74) is 0. The summed E-state index contributed by atoms with van der Waals surface area (Å²) < 4.78 is 0. The van der Waals surface area contributed by atoms with Crippen LogP contribution in [0.2, 0.25) is 0 Å². The Hall–Kier alpha value is 0.540. The molecule has 0 fully saturated rings. The molecule has 70 valence electrons. The van der Waals surface area contributed by atoms with Crippen molar-refractivity contribution in [2.24, 2.45) is 5.92 Å². The lowest BCUT2D eigenvalue weighted by atomic mass is 10.2. The minimum absolute atomic E-state index is 0. The van der Waals surface area contributed by atoms with E-state index in [4.69, 9.17) is 11.6 Å². The highest BCUT2D eigenvalue weighted by atomic mass is 35.5. The molecule has 0 rings (SSSR count). The molecule has 0 heterocycles. The molecule has 3 heteroatoms. The van der Waals surface area contributed by atoms with Crippen molar-refractivity contribution < 1.29 is 0 Å². The summed E-state index contributed by atoms with van der Waals surface area (Å²) in [6, 6.07) is 0. The third-order valence-electron chi connectivity index (χ3n) is 1.27. The van der Waals surface area contributed by atoms with E-state index >= 15 is 0 Å². The van der Waals surface area contributed by atoms with Crippen molar-refractivity contribution >= 4 is 24.0 Å². The van der Waals surface area contributed by atoms with Crippen LogP contribution in [0.1, 0.15) is 27.2 Å². The maximum atomic E-state index is 5.75. The van der Waals surface area contributed by atoms with E-state index in [-0.39, 0.29) is 12.4 Å². The Morgan fingerprint density at radius 1 is 1.27 bits per heavy atom. The number of hydrogen-bond acceptors (Lipinski definition) is 1. The third-order valence-corrected chi connectivity index (χ3v) is 1.49. The molecule has 0 bridgehead atoms. The summed E-state index contributed by atoms with van der Waals surface area (Å²) in [6.07, 6.45) is 1.06. The molecule has 0 radical (unpaired) electrons. The van der Waals surface area contributed by atoms with E-state index in [0.717, 1.165) is 25.4 Å². The van der Waals surface area contributed by atoms with E-state index in [1.165, 1.54) is 0 Å². The zero-order valence-electron chi connectivity index (χ0n) is 7.56. The molecular weight excluding hydrogens is 181 g/mol. The van der Waals surface area contributed by atoms with E-state index in [9.17, 15) is 0 Å². The van der Waals surface area contributed by atoms with Gasteiger partial charge in [0.2, 0.25) is 0 Å². The van der Waals surface area contributed by atoms with Crippen molar-refractivity contribution in [3.8, 4) is 0 Å². The number of nitrogens with one attached hydrogen (secondary N) is 1. The van der Waals surface area contributed by atoms with Crippen LogP contribution >= 0.6 is 24.0 Å². The molecule has 11 heavy (non-hydrogen) atoms. The second kappa shape index (κ2) is 8.63. The first-order valence-electron chi connectivity index (χ1n) is 3.97. The lowest BCUT2D eigenvalue weighted by Gasteiger charge is -2.07. The minimum atomic E-state index is 0. The van der Waals surface area contributed by atoms with Crippen molar-refractivity contribution in [3.05, 3.63) is 0 Å². The van der Waals surface area contributed by atoms with Gasteiger partial charge in [-0.05, 0) is 32.4 Å². The second-order valence-electron chi connectivity index (χ2n) is 3.17. The van der Waals surface area contributed by atoms with Gasteiger partial charge in [0.1, 0.15) is 0 Å². The van der Waals surface area contributed by atoms with E-state index < -0.39 is 0 Å². The molecule has 0 aromatic carbocycles. The first kappa shape index (κ1) is 14.1. The fourth-order valence-electron chi connectivity index (χ4n) is 0.692. The van der Waals surface area contributed by atoms with Gasteiger partial charge >= 0.3 is 0 Å². The standard InChI is InChI=1S/C8H18ClN.ClH/c1-7(2)6-10-5-4-8(3)9;/h7-8,10H,4-6H2,1-3H3;1H. The van der Waals surface area contributed by atoms with Crippen LogP contribution in [-0.4, -0.2) is 18.5 Å². The van der Waals surface area contributed by atoms with Crippen molar-refractivity contribution in [1.29, 1.82) is 0 Å². The van der Waals surface area contributed by atoms with Crippen molar-refractivity contribution in [2.45, 2.75) is 32.6 Å². The SMILES string of the molecule is CC(C)CNCCC(C)Cl.Cl.